The molecule has 210 valence electrons. The average molecular weight is 544 g/mol. The van der Waals surface area contributed by atoms with Crippen LogP contribution in [0.3, 0.4) is 0 Å². The average Bonchev–Trinajstić information content (AvgIpc) is 3.41. The number of aromatic amines is 1. The van der Waals surface area contributed by atoms with Gasteiger partial charge in [-0.2, -0.15) is 0 Å². The lowest BCUT2D eigenvalue weighted by atomic mass is 10.1. The number of H-pyrrole nitrogens is 1. The Balaban J connectivity index is 0.000000173. The number of piperidine rings is 1. The number of pyridine rings is 1. The van der Waals surface area contributed by atoms with Gasteiger partial charge in [0.05, 0.1) is 0 Å². The number of rotatable bonds is 4. The van der Waals surface area contributed by atoms with Crippen LogP contribution < -0.4 is 16.6 Å². The zero-order valence-electron chi connectivity index (χ0n) is 23.3. The molecule has 0 atom stereocenters. The number of aromatic nitrogens is 2. The Kier molecular flexibility index (Phi) is 10.8. The number of hydrogen-bond donors (Lipinski definition) is 3. The van der Waals surface area contributed by atoms with Crippen molar-refractivity contribution in [1.82, 2.24) is 19.8 Å². The third kappa shape index (κ3) is 7.92. The number of hydrogen-bond acceptors (Lipinski definition) is 4. The van der Waals surface area contributed by atoms with E-state index < -0.39 is 0 Å². The second-order valence-electron chi connectivity index (χ2n) is 9.39. The van der Waals surface area contributed by atoms with E-state index in [0.29, 0.717) is 11.1 Å². The smallest absolute Gasteiger partial charge is 0.255 e. The molecule has 1 aliphatic heterocycles. The maximum absolute atomic E-state index is 11.6. The third-order valence-electron chi connectivity index (χ3n) is 6.69. The molecule has 1 fully saturated rings. The molecule has 40 heavy (non-hydrogen) atoms. The van der Waals surface area contributed by atoms with E-state index in [2.05, 4.69) is 17.2 Å². The van der Waals surface area contributed by atoms with E-state index >= 15 is 0 Å². The fraction of sp³-hybridized carbons (Fsp3) is 0.290. The summed E-state index contributed by atoms with van der Waals surface area (Å²) in [6.45, 7) is 5.71. The Morgan fingerprint density at radius 3 is 2.17 bits per heavy atom. The summed E-state index contributed by atoms with van der Waals surface area (Å²) in [6, 6.07) is 17.3. The Labute approximate surface area is 234 Å². The molecule has 2 aromatic carbocycles. The quantitative estimate of drug-likeness (QED) is 0.359. The van der Waals surface area contributed by atoms with Gasteiger partial charge in [-0.1, -0.05) is 19.1 Å². The molecule has 5 rings (SSSR count). The number of carbonyl (C=O) groups excluding carboxylic acids is 3. The number of nitrogens with one attached hydrogen (secondary N) is 2. The number of nitrogens with two attached hydrogens (primary N) is 1. The molecule has 0 radical (unpaired) electrons. The van der Waals surface area contributed by atoms with Crippen LogP contribution in [0.2, 0.25) is 0 Å². The topological polar surface area (TPSA) is 130 Å². The molecule has 9 nitrogen and oxygen atoms in total. The molecule has 1 aliphatic rings. The van der Waals surface area contributed by atoms with Crippen molar-refractivity contribution in [1.29, 1.82) is 0 Å². The first-order chi connectivity index (χ1) is 19.2. The highest BCUT2D eigenvalue weighted by Gasteiger charge is 2.11. The molecule has 3 heterocycles. The predicted octanol–water partition coefficient (Wildman–Crippen LogP) is 4.05. The van der Waals surface area contributed by atoms with Gasteiger partial charge < -0.3 is 20.9 Å². The van der Waals surface area contributed by atoms with Crippen molar-refractivity contribution < 1.29 is 14.4 Å². The van der Waals surface area contributed by atoms with Crippen LogP contribution in [0.1, 0.15) is 59.4 Å². The third-order valence-corrected chi connectivity index (χ3v) is 6.69. The van der Waals surface area contributed by atoms with Gasteiger partial charge in [-0.25, -0.2) is 0 Å². The minimum Gasteiger partial charge on any atom is -0.366 e. The van der Waals surface area contributed by atoms with Crippen LogP contribution in [-0.2, 0) is 11.2 Å². The zero-order valence-corrected chi connectivity index (χ0v) is 23.3. The molecule has 0 spiro atoms. The molecule has 0 aliphatic carbocycles. The Morgan fingerprint density at radius 1 is 0.950 bits per heavy atom. The van der Waals surface area contributed by atoms with Gasteiger partial charge in [0.2, 0.25) is 11.8 Å². The van der Waals surface area contributed by atoms with Gasteiger partial charge in [-0.15, -0.1) is 0 Å². The Hall–Kier alpha value is -4.66. The highest BCUT2D eigenvalue weighted by atomic mass is 16.2. The molecule has 0 bridgehead atoms. The number of amides is 3. The van der Waals surface area contributed by atoms with Crippen molar-refractivity contribution in [2.45, 2.75) is 39.5 Å². The second-order valence-corrected chi connectivity index (χ2v) is 9.39. The van der Waals surface area contributed by atoms with Gasteiger partial charge >= 0.3 is 0 Å². The lowest BCUT2D eigenvalue weighted by Crippen LogP contribution is -2.33. The van der Waals surface area contributed by atoms with Crippen molar-refractivity contribution >= 4 is 28.6 Å². The molecule has 2 aromatic heterocycles. The van der Waals surface area contributed by atoms with E-state index in [-0.39, 0.29) is 23.3 Å². The van der Waals surface area contributed by atoms with Gasteiger partial charge in [0, 0.05) is 73.2 Å². The standard InChI is InChI=1S/C13H12N2O2.C11H12N2O.C7H13NO/c1-14-13(17)10-5-7-11(8-6-10)15-9-3-2-4-12(15)16;1-2-7-6-13-10-5-8(11(12)14)3-4-9(7)10;1-7(9)8-5-3-2-4-6-8/h2-9H,1H3,(H,14,17);3-6,13H,2H2,1H3,(H2,12,14);2-6H2,1H3. The van der Waals surface area contributed by atoms with Crippen LogP contribution in [-0.4, -0.2) is 52.3 Å². The van der Waals surface area contributed by atoms with E-state index in [1.165, 1.54) is 35.5 Å². The number of fused-ring (bicyclic) bond motifs is 1. The van der Waals surface area contributed by atoms with E-state index in [9.17, 15) is 19.2 Å². The number of nitrogens with zero attached hydrogens (tertiary/aromatic N) is 2. The maximum Gasteiger partial charge on any atom is 0.255 e. The highest BCUT2D eigenvalue weighted by molar-refractivity contribution is 5.97. The summed E-state index contributed by atoms with van der Waals surface area (Å²) in [5.74, 6) is -0.300. The number of benzene rings is 2. The van der Waals surface area contributed by atoms with Crippen LogP contribution in [0.4, 0.5) is 0 Å². The van der Waals surface area contributed by atoms with Crippen LogP contribution >= 0.6 is 0 Å². The summed E-state index contributed by atoms with van der Waals surface area (Å²) in [5, 5.41) is 3.71. The summed E-state index contributed by atoms with van der Waals surface area (Å²) in [4.78, 5) is 49.6. The summed E-state index contributed by atoms with van der Waals surface area (Å²) in [5.41, 5.74) is 9.18. The van der Waals surface area contributed by atoms with Gasteiger partial charge in [-0.3, -0.25) is 23.7 Å². The minimum atomic E-state index is -0.389. The maximum atomic E-state index is 11.6. The fourth-order valence-electron chi connectivity index (χ4n) is 4.40. The van der Waals surface area contributed by atoms with Gasteiger partial charge in [0.15, 0.2) is 0 Å². The van der Waals surface area contributed by atoms with Crippen LogP contribution in [0, 0.1) is 0 Å². The molecule has 4 aromatic rings. The summed E-state index contributed by atoms with van der Waals surface area (Å²) >= 11 is 0. The van der Waals surface area contributed by atoms with Crippen molar-refractivity contribution in [2.75, 3.05) is 20.1 Å². The number of carbonyl (C=O) groups is 3. The zero-order chi connectivity index (χ0) is 29.1. The van der Waals surface area contributed by atoms with Gasteiger partial charge in [0.1, 0.15) is 0 Å². The SMILES string of the molecule is CC(=O)N1CCCCC1.CCc1c[nH]c2cc(C(N)=O)ccc12.CNC(=O)c1ccc(-n2ccccc2=O)cc1. The molecule has 9 heteroatoms. The minimum absolute atomic E-state index is 0.0970. The molecule has 0 unspecified atom stereocenters. The molecular formula is C31H37N5O4. The van der Waals surface area contributed by atoms with Gasteiger partial charge in [0.25, 0.3) is 11.5 Å². The first-order valence-corrected chi connectivity index (χ1v) is 13.4. The summed E-state index contributed by atoms with van der Waals surface area (Å²) in [7, 11) is 1.58. The van der Waals surface area contributed by atoms with Crippen molar-refractivity contribution in [2.24, 2.45) is 5.73 Å². The van der Waals surface area contributed by atoms with E-state index in [0.717, 1.165) is 36.1 Å². The highest BCUT2D eigenvalue weighted by Crippen LogP contribution is 2.19. The lowest BCUT2D eigenvalue weighted by Gasteiger charge is -2.24. The van der Waals surface area contributed by atoms with Crippen LogP contribution in [0.5, 0.6) is 0 Å². The lowest BCUT2D eigenvalue weighted by molar-refractivity contribution is -0.129. The van der Waals surface area contributed by atoms with Crippen LogP contribution in [0.25, 0.3) is 16.6 Å². The Morgan fingerprint density at radius 2 is 1.62 bits per heavy atom. The van der Waals surface area contributed by atoms with E-state index in [1.54, 1.807) is 68.7 Å². The first-order valence-electron chi connectivity index (χ1n) is 13.4. The molecular weight excluding hydrogens is 506 g/mol. The Bertz CT molecular complexity index is 1500. The molecule has 4 N–H and O–H groups in total. The molecule has 0 saturated carbocycles. The summed E-state index contributed by atoms with van der Waals surface area (Å²) < 4.78 is 1.52. The van der Waals surface area contributed by atoms with Crippen molar-refractivity contribution in [3.05, 3.63) is 100 Å². The largest absolute Gasteiger partial charge is 0.366 e. The number of likely N-dealkylation sites (tertiary alicyclic amines) is 1. The van der Waals surface area contributed by atoms with E-state index in [1.807, 2.05) is 17.2 Å². The molecule has 1 saturated heterocycles. The summed E-state index contributed by atoms with van der Waals surface area (Å²) in [6.07, 6.45) is 8.32. The van der Waals surface area contributed by atoms with Crippen molar-refractivity contribution in [3.63, 3.8) is 0 Å². The fourth-order valence-corrected chi connectivity index (χ4v) is 4.40. The van der Waals surface area contributed by atoms with Crippen LogP contribution in [0.15, 0.2) is 77.9 Å². The second kappa shape index (κ2) is 14.5. The first kappa shape index (κ1) is 29.9. The predicted molar refractivity (Wildman–Crippen MR) is 158 cm³/mol. The van der Waals surface area contributed by atoms with E-state index in [4.69, 9.17) is 5.73 Å². The monoisotopic (exact) mass is 543 g/mol. The number of aryl methyl sites for hydroxylation is 1. The van der Waals surface area contributed by atoms with Crippen molar-refractivity contribution in [3.8, 4) is 5.69 Å². The normalized spacial score (nSPS) is 12.4. The van der Waals surface area contributed by atoms with Gasteiger partial charge in [-0.05, 0) is 73.7 Å². The molecule has 3 amide bonds. The number of primary amides is 1.